The summed E-state index contributed by atoms with van der Waals surface area (Å²) in [5, 5.41) is 3.41. The number of hydrogen-bond donors (Lipinski definition) is 1. The van der Waals surface area contributed by atoms with Crippen LogP contribution in [0.4, 0.5) is 0 Å². The molecule has 1 aliphatic rings. The predicted octanol–water partition coefficient (Wildman–Crippen LogP) is 1.88. The smallest absolute Gasteiger partial charge is 0.102 e. The average Bonchev–Trinajstić information content (AvgIpc) is 2.39. The van der Waals surface area contributed by atoms with Crippen LogP contribution in [0, 0.1) is 5.92 Å². The highest BCUT2D eigenvalue weighted by atomic mass is 16.5. The summed E-state index contributed by atoms with van der Waals surface area (Å²) in [6, 6.07) is 0.544. The van der Waals surface area contributed by atoms with Crippen LogP contribution in [0.1, 0.15) is 27.2 Å². The first-order valence-corrected chi connectivity index (χ1v) is 4.27. The van der Waals surface area contributed by atoms with Gasteiger partial charge in [-0.2, -0.15) is 0 Å². The van der Waals surface area contributed by atoms with E-state index in [1.165, 1.54) is 5.70 Å². The Morgan fingerprint density at radius 1 is 1.45 bits per heavy atom. The number of rotatable bonds is 3. The molecule has 64 valence electrons. The van der Waals surface area contributed by atoms with E-state index in [1.54, 1.807) is 0 Å². The maximum atomic E-state index is 5.11. The summed E-state index contributed by atoms with van der Waals surface area (Å²) in [6.07, 6.45) is 2.87. The van der Waals surface area contributed by atoms with Crippen molar-refractivity contribution in [1.82, 2.24) is 5.32 Å². The Hall–Kier alpha value is -0.660. The van der Waals surface area contributed by atoms with Crippen LogP contribution in [-0.2, 0) is 4.74 Å². The second-order valence-electron chi connectivity index (χ2n) is 3.44. The zero-order valence-electron chi connectivity index (χ0n) is 7.55. The van der Waals surface area contributed by atoms with E-state index in [1.807, 2.05) is 6.26 Å². The van der Waals surface area contributed by atoms with Crippen molar-refractivity contribution >= 4 is 0 Å². The third-order valence-corrected chi connectivity index (χ3v) is 2.13. The summed E-state index contributed by atoms with van der Waals surface area (Å²) >= 11 is 0. The highest BCUT2D eigenvalue weighted by molar-refractivity contribution is 5.00. The van der Waals surface area contributed by atoms with Gasteiger partial charge in [0.2, 0.25) is 0 Å². The maximum absolute atomic E-state index is 5.11. The minimum atomic E-state index is 0.544. The van der Waals surface area contributed by atoms with Gasteiger partial charge in [0.05, 0.1) is 6.61 Å². The Balaban J connectivity index is 2.29. The average molecular weight is 155 g/mol. The number of hydrogen-bond acceptors (Lipinski definition) is 2. The first kappa shape index (κ1) is 8.44. The molecule has 0 radical (unpaired) electrons. The molecule has 0 aliphatic carbocycles. The van der Waals surface area contributed by atoms with Crippen LogP contribution in [0.5, 0.6) is 0 Å². The lowest BCUT2D eigenvalue weighted by Crippen LogP contribution is -2.29. The van der Waals surface area contributed by atoms with E-state index >= 15 is 0 Å². The Bertz CT molecular complexity index is 152. The molecule has 0 aromatic carbocycles. The minimum Gasteiger partial charge on any atom is -0.499 e. The highest BCUT2D eigenvalue weighted by Crippen LogP contribution is 2.10. The fourth-order valence-electron chi connectivity index (χ4n) is 0.953. The zero-order chi connectivity index (χ0) is 8.27. The van der Waals surface area contributed by atoms with Gasteiger partial charge in [-0.3, -0.25) is 0 Å². The van der Waals surface area contributed by atoms with Gasteiger partial charge in [0, 0.05) is 18.2 Å². The van der Waals surface area contributed by atoms with Gasteiger partial charge < -0.3 is 10.1 Å². The molecule has 1 N–H and O–H groups in total. The van der Waals surface area contributed by atoms with Gasteiger partial charge in [0.25, 0.3) is 0 Å². The molecule has 0 aromatic rings. The van der Waals surface area contributed by atoms with E-state index in [0.717, 1.165) is 13.0 Å². The molecule has 0 bridgehead atoms. The van der Waals surface area contributed by atoms with Gasteiger partial charge in [0.1, 0.15) is 6.26 Å². The minimum absolute atomic E-state index is 0.544. The Labute approximate surface area is 68.6 Å². The van der Waals surface area contributed by atoms with E-state index in [2.05, 4.69) is 26.1 Å². The lowest BCUT2D eigenvalue weighted by atomic mass is 10.1. The summed E-state index contributed by atoms with van der Waals surface area (Å²) in [5.41, 5.74) is 1.24. The van der Waals surface area contributed by atoms with Crippen LogP contribution in [0.25, 0.3) is 0 Å². The molecular formula is C9H17NO. The van der Waals surface area contributed by atoms with Crippen LogP contribution in [-0.4, -0.2) is 12.6 Å². The SMILES string of the molecule is CC(C)C(C)NC1=COCC1. The molecule has 0 fully saturated rings. The molecule has 11 heavy (non-hydrogen) atoms. The monoisotopic (exact) mass is 155 g/mol. The highest BCUT2D eigenvalue weighted by Gasteiger charge is 2.10. The molecular weight excluding hydrogens is 138 g/mol. The van der Waals surface area contributed by atoms with E-state index in [4.69, 9.17) is 4.74 Å². The molecule has 1 atom stereocenters. The maximum Gasteiger partial charge on any atom is 0.102 e. The van der Waals surface area contributed by atoms with E-state index in [9.17, 15) is 0 Å². The van der Waals surface area contributed by atoms with Gasteiger partial charge in [-0.25, -0.2) is 0 Å². The van der Waals surface area contributed by atoms with Crippen molar-refractivity contribution in [2.75, 3.05) is 6.61 Å². The largest absolute Gasteiger partial charge is 0.499 e. The van der Waals surface area contributed by atoms with Crippen molar-refractivity contribution in [2.45, 2.75) is 33.2 Å². The van der Waals surface area contributed by atoms with Gasteiger partial charge in [-0.15, -0.1) is 0 Å². The molecule has 2 nitrogen and oxygen atoms in total. The van der Waals surface area contributed by atoms with Crippen molar-refractivity contribution < 1.29 is 4.74 Å². The molecule has 1 rings (SSSR count). The van der Waals surface area contributed by atoms with Crippen molar-refractivity contribution in [1.29, 1.82) is 0 Å². The molecule has 0 amide bonds. The van der Waals surface area contributed by atoms with E-state index in [-0.39, 0.29) is 0 Å². The summed E-state index contributed by atoms with van der Waals surface area (Å²) in [7, 11) is 0. The van der Waals surface area contributed by atoms with Crippen LogP contribution in [0.15, 0.2) is 12.0 Å². The van der Waals surface area contributed by atoms with Gasteiger partial charge >= 0.3 is 0 Å². The summed E-state index contributed by atoms with van der Waals surface area (Å²) < 4.78 is 5.11. The van der Waals surface area contributed by atoms with Crippen molar-refractivity contribution in [2.24, 2.45) is 5.92 Å². The van der Waals surface area contributed by atoms with Crippen LogP contribution < -0.4 is 5.32 Å². The van der Waals surface area contributed by atoms with Crippen LogP contribution in [0.3, 0.4) is 0 Å². The first-order chi connectivity index (χ1) is 5.20. The molecule has 1 aliphatic heterocycles. The molecule has 1 heterocycles. The van der Waals surface area contributed by atoms with Crippen molar-refractivity contribution in [3.05, 3.63) is 12.0 Å². The molecule has 2 heteroatoms. The molecule has 0 saturated heterocycles. The fraction of sp³-hybridized carbons (Fsp3) is 0.778. The predicted molar refractivity (Wildman–Crippen MR) is 46.1 cm³/mol. The third kappa shape index (κ3) is 2.45. The molecule has 0 aromatic heterocycles. The van der Waals surface area contributed by atoms with E-state index < -0.39 is 0 Å². The van der Waals surface area contributed by atoms with Crippen molar-refractivity contribution in [3.8, 4) is 0 Å². The normalized spacial score (nSPS) is 19.5. The Morgan fingerprint density at radius 2 is 2.18 bits per heavy atom. The standard InChI is InChI=1S/C9H17NO/c1-7(2)8(3)10-9-4-5-11-6-9/h6-8,10H,4-5H2,1-3H3. The summed E-state index contributed by atoms with van der Waals surface area (Å²) in [4.78, 5) is 0. The summed E-state index contributed by atoms with van der Waals surface area (Å²) in [6.45, 7) is 7.47. The van der Waals surface area contributed by atoms with Crippen LogP contribution in [0.2, 0.25) is 0 Å². The van der Waals surface area contributed by atoms with Crippen LogP contribution >= 0.6 is 0 Å². The van der Waals surface area contributed by atoms with Gasteiger partial charge in [0.15, 0.2) is 0 Å². The zero-order valence-corrected chi connectivity index (χ0v) is 7.55. The summed E-state index contributed by atoms with van der Waals surface area (Å²) in [5.74, 6) is 0.677. The fourth-order valence-corrected chi connectivity index (χ4v) is 0.953. The lowest BCUT2D eigenvalue weighted by molar-refractivity contribution is 0.281. The third-order valence-electron chi connectivity index (χ3n) is 2.13. The Kier molecular flexibility index (Phi) is 2.80. The number of nitrogens with one attached hydrogen (secondary N) is 1. The number of ether oxygens (including phenoxy) is 1. The van der Waals surface area contributed by atoms with E-state index in [0.29, 0.717) is 12.0 Å². The first-order valence-electron chi connectivity index (χ1n) is 4.27. The second-order valence-corrected chi connectivity index (χ2v) is 3.44. The second kappa shape index (κ2) is 3.65. The molecule has 0 saturated carbocycles. The quantitative estimate of drug-likeness (QED) is 0.672. The molecule has 1 unspecified atom stereocenters. The van der Waals surface area contributed by atoms with Gasteiger partial charge in [-0.05, 0) is 12.8 Å². The topological polar surface area (TPSA) is 21.3 Å². The molecule has 0 spiro atoms. The lowest BCUT2D eigenvalue weighted by Gasteiger charge is -2.18. The van der Waals surface area contributed by atoms with Gasteiger partial charge in [-0.1, -0.05) is 13.8 Å². The van der Waals surface area contributed by atoms with Crippen molar-refractivity contribution in [3.63, 3.8) is 0 Å². The Morgan fingerprint density at radius 3 is 2.64 bits per heavy atom.